The normalized spacial score (nSPS) is 14.8. The van der Waals surface area contributed by atoms with Gasteiger partial charge in [0.2, 0.25) is 0 Å². The van der Waals surface area contributed by atoms with E-state index in [9.17, 15) is 4.79 Å². The first-order chi connectivity index (χ1) is 16.0. The molecule has 0 aliphatic carbocycles. The molecule has 1 fully saturated rings. The first kappa shape index (κ1) is 21.9. The van der Waals surface area contributed by atoms with Crippen LogP contribution in [0.2, 0.25) is 0 Å². The van der Waals surface area contributed by atoms with Gasteiger partial charge in [0.05, 0.1) is 11.4 Å². The molecule has 4 aromatic rings. The summed E-state index contributed by atoms with van der Waals surface area (Å²) in [7, 11) is 0. The number of aryl methyl sites for hydroxylation is 3. The maximum absolute atomic E-state index is 13.0. The molecule has 170 valence electrons. The van der Waals surface area contributed by atoms with Gasteiger partial charge in [0.1, 0.15) is 0 Å². The minimum absolute atomic E-state index is 0.137. The molecule has 6 heteroatoms. The van der Waals surface area contributed by atoms with Crippen molar-refractivity contribution in [2.45, 2.75) is 33.7 Å². The number of thiazole rings is 1. The van der Waals surface area contributed by atoms with Crippen LogP contribution in [0.25, 0.3) is 16.2 Å². The van der Waals surface area contributed by atoms with Crippen molar-refractivity contribution in [3.63, 3.8) is 0 Å². The second-order valence-electron chi connectivity index (χ2n) is 8.89. The predicted molar refractivity (Wildman–Crippen MR) is 135 cm³/mol. The number of carbonyl (C=O) groups excluding carboxylic acids is 1. The number of hydrogen-bond acceptors (Lipinski definition) is 4. The van der Waals surface area contributed by atoms with Crippen molar-refractivity contribution < 1.29 is 4.79 Å². The highest BCUT2D eigenvalue weighted by Crippen LogP contribution is 2.30. The van der Waals surface area contributed by atoms with Gasteiger partial charge in [-0.15, -0.1) is 11.3 Å². The third kappa shape index (κ3) is 4.45. The zero-order valence-electron chi connectivity index (χ0n) is 19.5. The summed E-state index contributed by atoms with van der Waals surface area (Å²) >= 11 is 1.73. The van der Waals surface area contributed by atoms with Gasteiger partial charge in [-0.3, -0.25) is 14.1 Å². The largest absolute Gasteiger partial charge is 0.336 e. The first-order valence-corrected chi connectivity index (χ1v) is 12.5. The van der Waals surface area contributed by atoms with E-state index < -0.39 is 0 Å². The maximum atomic E-state index is 13.0. The fraction of sp³-hybridized carbons (Fsp3) is 0.333. The number of hydrogen-bond donors (Lipinski definition) is 0. The Labute approximate surface area is 199 Å². The average molecular weight is 459 g/mol. The number of aromatic nitrogens is 2. The van der Waals surface area contributed by atoms with Crippen LogP contribution >= 0.6 is 11.3 Å². The van der Waals surface area contributed by atoms with Crippen LogP contribution in [0.4, 0.5) is 0 Å². The van der Waals surface area contributed by atoms with Crippen LogP contribution in [-0.4, -0.2) is 51.3 Å². The Morgan fingerprint density at radius 1 is 0.970 bits per heavy atom. The Kier molecular flexibility index (Phi) is 6.04. The number of fused-ring (bicyclic) bond motifs is 1. The third-order valence-corrected chi connectivity index (χ3v) is 7.41. The molecule has 33 heavy (non-hydrogen) atoms. The first-order valence-electron chi connectivity index (χ1n) is 11.7. The van der Waals surface area contributed by atoms with Crippen molar-refractivity contribution >= 4 is 22.2 Å². The summed E-state index contributed by atoms with van der Waals surface area (Å²) in [5.74, 6) is 0.137. The molecule has 0 radical (unpaired) electrons. The fourth-order valence-corrected chi connectivity index (χ4v) is 5.33. The molecule has 1 amide bonds. The van der Waals surface area contributed by atoms with Gasteiger partial charge >= 0.3 is 0 Å². The molecule has 0 bridgehead atoms. The molecule has 0 N–H and O–H groups in total. The van der Waals surface area contributed by atoms with E-state index in [2.05, 4.69) is 72.7 Å². The van der Waals surface area contributed by atoms with Gasteiger partial charge in [-0.2, -0.15) is 0 Å². The molecular weight excluding hydrogens is 428 g/mol. The molecule has 1 saturated heterocycles. The summed E-state index contributed by atoms with van der Waals surface area (Å²) in [5, 5.41) is 0. The molecule has 3 heterocycles. The summed E-state index contributed by atoms with van der Waals surface area (Å²) in [6.07, 6.45) is 3.18. The van der Waals surface area contributed by atoms with Crippen molar-refractivity contribution in [1.29, 1.82) is 0 Å². The zero-order valence-corrected chi connectivity index (χ0v) is 20.4. The van der Waals surface area contributed by atoms with Crippen LogP contribution in [0, 0.1) is 13.8 Å². The van der Waals surface area contributed by atoms with Gasteiger partial charge in [0, 0.05) is 54.9 Å². The van der Waals surface area contributed by atoms with E-state index in [1.54, 1.807) is 11.3 Å². The lowest BCUT2D eigenvalue weighted by molar-refractivity contribution is 0.0627. The fourth-order valence-electron chi connectivity index (χ4n) is 4.48. The zero-order chi connectivity index (χ0) is 22.9. The number of rotatable bonds is 5. The van der Waals surface area contributed by atoms with E-state index in [1.807, 2.05) is 17.0 Å². The molecule has 2 aromatic carbocycles. The van der Waals surface area contributed by atoms with E-state index in [1.165, 1.54) is 21.7 Å². The minimum atomic E-state index is 0.137. The van der Waals surface area contributed by atoms with E-state index >= 15 is 0 Å². The summed E-state index contributed by atoms with van der Waals surface area (Å²) in [6.45, 7) is 10.4. The highest BCUT2D eigenvalue weighted by atomic mass is 32.1. The second kappa shape index (κ2) is 9.12. The molecule has 0 spiro atoms. The number of carbonyl (C=O) groups is 1. The maximum Gasteiger partial charge on any atom is 0.253 e. The van der Waals surface area contributed by atoms with Crippen molar-refractivity contribution in [1.82, 2.24) is 19.2 Å². The minimum Gasteiger partial charge on any atom is -0.336 e. The van der Waals surface area contributed by atoms with Crippen molar-refractivity contribution in [2.24, 2.45) is 0 Å². The molecule has 2 aromatic heterocycles. The van der Waals surface area contributed by atoms with Crippen molar-refractivity contribution in [3.8, 4) is 11.3 Å². The Morgan fingerprint density at radius 3 is 2.33 bits per heavy atom. The number of imidazole rings is 1. The monoisotopic (exact) mass is 458 g/mol. The van der Waals surface area contributed by atoms with Crippen LogP contribution in [0.3, 0.4) is 0 Å². The van der Waals surface area contributed by atoms with Crippen molar-refractivity contribution in [3.05, 3.63) is 82.0 Å². The Morgan fingerprint density at radius 2 is 1.67 bits per heavy atom. The number of benzene rings is 2. The topological polar surface area (TPSA) is 40.9 Å². The molecule has 5 nitrogen and oxygen atoms in total. The lowest BCUT2D eigenvalue weighted by atomic mass is 10.1. The highest BCUT2D eigenvalue weighted by molar-refractivity contribution is 7.17. The van der Waals surface area contributed by atoms with Crippen LogP contribution in [-0.2, 0) is 13.0 Å². The van der Waals surface area contributed by atoms with Gasteiger partial charge in [0.15, 0.2) is 4.96 Å². The van der Waals surface area contributed by atoms with E-state index in [-0.39, 0.29) is 5.91 Å². The quantitative estimate of drug-likeness (QED) is 0.413. The van der Waals surface area contributed by atoms with Crippen LogP contribution in [0.5, 0.6) is 0 Å². The van der Waals surface area contributed by atoms with Crippen LogP contribution in [0.1, 0.15) is 39.0 Å². The standard InChI is InChI=1S/C27H30N4OS/c1-4-21-7-11-23(12-8-21)26(32)30-15-13-29(14-16-30)18-24-25(22-9-5-19(2)6-10-22)28-27-31(24)17-20(3)33-27/h5-12,17H,4,13-16,18H2,1-3H3. The van der Waals surface area contributed by atoms with Gasteiger partial charge in [-0.25, -0.2) is 4.98 Å². The van der Waals surface area contributed by atoms with E-state index in [0.717, 1.165) is 60.9 Å². The van der Waals surface area contributed by atoms with Gasteiger partial charge in [-0.05, 0) is 38.0 Å². The Bertz CT molecular complexity index is 1260. The Hall–Kier alpha value is -2.96. The van der Waals surface area contributed by atoms with E-state index in [4.69, 9.17) is 4.98 Å². The lowest BCUT2D eigenvalue weighted by Gasteiger charge is -2.34. The summed E-state index contributed by atoms with van der Waals surface area (Å²) in [5.41, 5.74) is 6.75. The molecule has 5 rings (SSSR count). The molecular formula is C27H30N4OS. The number of amides is 1. The van der Waals surface area contributed by atoms with Crippen LogP contribution in [0.15, 0.2) is 54.7 Å². The summed E-state index contributed by atoms with van der Waals surface area (Å²) in [4.78, 5) is 24.7. The molecule has 1 aliphatic rings. The summed E-state index contributed by atoms with van der Waals surface area (Å²) < 4.78 is 2.25. The summed E-state index contributed by atoms with van der Waals surface area (Å²) in [6, 6.07) is 16.7. The SMILES string of the molecule is CCc1ccc(C(=O)N2CCN(Cc3c(-c4ccc(C)cc4)nc4sc(C)cn34)CC2)cc1. The lowest BCUT2D eigenvalue weighted by Crippen LogP contribution is -2.48. The predicted octanol–water partition coefficient (Wildman–Crippen LogP) is 5.20. The van der Waals surface area contributed by atoms with Gasteiger partial charge in [-0.1, -0.05) is 48.9 Å². The Balaban J connectivity index is 1.32. The highest BCUT2D eigenvalue weighted by Gasteiger charge is 2.25. The van der Waals surface area contributed by atoms with Crippen LogP contribution < -0.4 is 0 Å². The number of piperazine rings is 1. The van der Waals surface area contributed by atoms with Crippen molar-refractivity contribution in [2.75, 3.05) is 26.2 Å². The van der Waals surface area contributed by atoms with Gasteiger partial charge < -0.3 is 4.90 Å². The van der Waals surface area contributed by atoms with E-state index in [0.29, 0.717) is 0 Å². The number of nitrogens with zero attached hydrogens (tertiary/aromatic N) is 4. The molecule has 0 saturated carbocycles. The third-order valence-electron chi connectivity index (χ3n) is 6.51. The smallest absolute Gasteiger partial charge is 0.253 e. The molecule has 0 unspecified atom stereocenters. The second-order valence-corrected chi connectivity index (χ2v) is 10.1. The molecule has 0 atom stereocenters. The van der Waals surface area contributed by atoms with Gasteiger partial charge in [0.25, 0.3) is 5.91 Å². The average Bonchev–Trinajstić information content (AvgIpc) is 3.36. The molecule has 1 aliphatic heterocycles.